The second-order valence-corrected chi connectivity index (χ2v) is 7.17. The van der Waals surface area contributed by atoms with Gasteiger partial charge < -0.3 is 5.11 Å². The van der Waals surface area contributed by atoms with E-state index in [4.69, 9.17) is 0 Å². The summed E-state index contributed by atoms with van der Waals surface area (Å²) < 4.78 is 0. The summed E-state index contributed by atoms with van der Waals surface area (Å²) in [6, 6.07) is 0. The number of aliphatic hydroxyl groups is 1. The molecule has 0 amide bonds. The lowest BCUT2D eigenvalue weighted by Gasteiger charge is -2.42. The van der Waals surface area contributed by atoms with E-state index in [9.17, 15) is 5.11 Å². The molecule has 1 aromatic rings. The minimum absolute atomic E-state index is 0.0369. The van der Waals surface area contributed by atoms with E-state index in [1.165, 1.54) is 17.6 Å². The Kier molecular flexibility index (Phi) is 3.95. The lowest BCUT2D eigenvalue weighted by molar-refractivity contribution is 0.0354. The number of tetrazole rings is 1. The highest BCUT2D eigenvalue weighted by molar-refractivity contribution is 4.95. The zero-order valence-electron chi connectivity index (χ0n) is 12.6. The molecule has 0 aromatic carbocycles. The molecule has 0 unspecified atom stereocenters. The predicted molar refractivity (Wildman–Crippen MR) is 73.4 cm³/mol. The summed E-state index contributed by atoms with van der Waals surface area (Å²) in [7, 11) is 1.78. The number of hydrogen-bond acceptors (Lipinski definition) is 4. The van der Waals surface area contributed by atoms with Crippen molar-refractivity contribution in [2.75, 3.05) is 6.61 Å². The normalized spacial score (nSPS) is 28.6. The van der Waals surface area contributed by atoms with Crippen LogP contribution in [0, 0.1) is 16.7 Å². The molecule has 0 radical (unpaired) electrons. The van der Waals surface area contributed by atoms with E-state index < -0.39 is 0 Å². The summed E-state index contributed by atoms with van der Waals surface area (Å²) in [5.41, 5.74) is 0.331. The molecule has 19 heavy (non-hydrogen) atoms. The fourth-order valence-corrected chi connectivity index (χ4v) is 3.22. The first-order valence-corrected chi connectivity index (χ1v) is 7.18. The van der Waals surface area contributed by atoms with Gasteiger partial charge in [0.05, 0.1) is 7.05 Å². The van der Waals surface area contributed by atoms with E-state index >= 15 is 0 Å². The Morgan fingerprint density at radius 1 is 1.32 bits per heavy atom. The van der Waals surface area contributed by atoms with Crippen LogP contribution in [0.2, 0.25) is 0 Å². The summed E-state index contributed by atoms with van der Waals surface area (Å²) in [4.78, 5) is 1.49. The molecule has 0 spiro atoms. The minimum atomic E-state index is -0.0369. The van der Waals surface area contributed by atoms with Crippen LogP contribution in [0.4, 0.5) is 0 Å². The first kappa shape index (κ1) is 14.4. The monoisotopic (exact) mass is 266 g/mol. The second-order valence-electron chi connectivity index (χ2n) is 7.17. The van der Waals surface area contributed by atoms with Gasteiger partial charge in [-0.1, -0.05) is 20.8 Å². The Bertz CT molecular complexity index is 413. The molecule has 0 atom stereocenters. The average Bonchev–Trinajstić information content (AvgIpc) is 2.74. The lowest BCUT2D eigenvalue weighted by atomic mass is 9.63. The highest BCUT2D eigenvalue weighted by Gasteiger charge is 2.39. The Hall–Kier alpha value is -0.970. The highest BCUT2D eigenvalue weighted by atomic mass is 16.3. The summed E-state index contributed by atoms with van der Waals surface area (Å²) in [5.74, 6) is 1.51. The molecule has 1 fully saturated rings. The van der Waals surface area contributed by atoms with Crippen LogP contribution >= 0.6 is 0 Å². The molecule has 1 heterocycles. The third-order valence-corrected chi connectivity index (χ3v) is 4.69. The van der Waals surface area contributed by atoms with Gasteiger partial charge in [0.15, 0.2) is 5.82 Å². The molecular weight excluding hydrogens is 240 g/mol. The van der Waals surface area contributed by atoms with E-state index in [0.29, 0.717) is 5.41 Å². The molecule has 1 aliphatic carbocycles. The molecule has 1 aromatic heterocycles. The van der Waals surface area contributed by atoms with E-state index in [1.807, 2.05) is 0 Å². The third-order valence-electron chi connectivity index (χ3n) is 4.69. The van der Waals surface area contributed by atoms with Crippen molar-refractivity contribution in [1.82, 2.24) is 20.2 Å². The van der Waals surface area contributed by atoms with Crippen LogP contribution in [0.5, 0.6) is 0 Å². The summed E-state index contributed by atoms with van der Waals surface area (Å²) in [6.07, 6.45) is 5.23. The predicted octanol–water partition coefficient (Wildman–Crippen LogP) is 1.97. The van der Waals surface area contributed by atoms with Crippen LogP contribution in [0.1, 0.15) is 52.3 Å². The van der Waals surface area contributed by atoms with Gasteiger partial charge in [-0.15, -0.1) is 10.2 Å². The number of hydrogen-bond donors (Lipinski definition) is 1. The zero-order valence-corrected chi connectivity index (χ0v) is 12.6. The number of aliphatic hydroxyl groups excluding tert-OH is 1. The highest BCUT2D eigenvalue weighted by Crippen LogP contribution is 2.46. The summed E-state index contributed by atoms with van der Waals surface area (Å²) in [6.45, 7) is 7.16. The van der Waals surface area contributed by atoms with E-state index in [2.05, 4.69) is 36.2 Å². The third kappa shape index (κ3) is 3.32. The maximum Gasteiger partial charge on any atom is 0.175 e. The van der Waals surface area contributed by atoms with E-state index in [-0.39, 0.29) is 12.0 Å². The largest absolute Gasteiger partial charge is 0.396 e. The Balaban J connectivity index is 2.02. The SMILES string of the molecule is Cn1nnc(CC2(CO)CCC(C(C)(C)C)CC2)n1. The van der Waals surface area contributed by atoms with Gasteiger partial charge in [-0.2, -0.15) is 4.80 Å². The molecule has 5 nitrogen and oxygen atoms in total. The molecule has 1 N–H and O–H groups in total. The molecule has 2 rings (SSSR count). The fraction of sp³-hybridized carbons (Fsp3) is 0.929. The quantitative estimate of drug-likeness (QED) is 0.908. The van der Waals surface area contributed by atoms with Crippen molar-refractivity contribution in [3.63, 3.8) is 0 Å². The van der Waals surface area contributed by atoms with Crippen LogP contribution in [0.3, 0.4) is 0 Å². The Labute approximate surface area is 115 Å². The summed E-state index contributed by atoms with van der Waals surface area (Å²) in [5, 5.41) is 22.0. The van der Waals surface area contributed by atoms with Gasteiger partial charge in [0.2, 0.25) is 0 Å². The number of aryl methyl sites for hydroxylation is 1. The van der Waals surface area contributed by atoms with Crippen LogP contribution in [-0.4, -0.2) is 31.9 Å². The molecule has 0 bridgehead atoms. The standard InChI is InChI=1S/C14H26N4O/c1-13(2,3)11-5-7-14(10-19,8-6-11)9-12-15-17-18(4)16-12/h11,19H,5-10H2,1-4H3. The van der Waals surface area contributed by atoms with Gasteiger partial charge in [-0.25, -0.2) is 0 Å². The molecule has 0 saturated heterocycles. The summed E-state index contributed by atoms with van der Waals surface area (Å²) >= 11 is 0. The number of rotatable bonds is 3. The molecule has 5 heteroatoms. The van der Waals surface area contributed by atoms with Crippen molar-refractivity contribution >= 4 is 0 Å². The van der Waals surface area contributed by atoms with Crippen molar-refractivity contribution in [1.29, 1.82) is 0 Å². The van der Waals surface area contributed by atoms with Crippen molar-refractivity contribution in [2.24, 2.45) is 23.8 Å². The van der Waals surface area contributed by atoms with Crippen molar-refractivity contribution in [3.05, 3.63) is 5.82 Å². The Morgan fingerprint density at radius 3 is 2.37 bits per heavy atom. The van der Waals surface area contributed by atoms with Crippen LogP contribution in [-0.2, 0) is 13.5 Å². The van der Waals surface area contributed by atoms with Crippen LogP contribution < -0.4 is 0 Å². The molecule has 0 aliphatic heterocycles. The lowest BCUT2D eigenvalue weighted by Crippen LogP contribution is -2.36. The second kappa shape index (κ2) is 5.19. The molecule has 1 saturated carbocycles. The fourth-order valence-electron chi connectivity index (χ4n) is 3.22. The molecule has 108 valence electrons. The molecular formula is C14H26N4O. The van der Waals surface area contributed by atoms with Gasteiger partial charge in [0.1, 0.15) is 0 Å². The topological polar surface area (TPSA) is 63.8 Å². The van der Waals surface area contributed by atoms with Gasteiger partial charge in [0, 0.05) is 18.4 Å². The molecule has 1 aliphatic rings. The van der Waals surface area contributed by atoms with E-state index in [1.54, 1.807) is 7.05 Å². The maximum atomic E-state index is 9.82. The van der Waals surface area contributed by atoms with Gasteiger partial charge in [0.25, 0.3) is 0 Å². The van der Waals surface area contributed by atoms with Crippen molar-refractivity contribution in [3.8, 4) is 0 Å². The van der Waals surface area contributed by atoms with Gasteiger partial charge in [-0.3, -0.25) is 0 Å². The number of aromatic nitrogens is 4. The minimum Gasteiger partial charge on any atom is -0.396 e. The van der Waals surface area contributed by atoms with Crippen LogP contribution in [0.15, 0.2) is 0 Å². The van der Waals surface area contributed by atoms with Gasteiger partial charge >= 0.3 is 0 Å². The van der Waals surface area contributed by atoms with Crippen molar-refractivity contribution in [2.45, 2.75) is 52.9 Å². The van der Waals surface area contributed by atoms with Gasteiger partial charge in [-0.05, 0) is 42.2 Å². The first-order chi connectivity index (χ1) is 8.85. The van der Waals surface area contributed by atoms with Crippen molar-refractivity contribution < 1.29 is 5.11 Å². The van der Waals surface area contributed by atoms with Crippen LogP contribution in [0.25, 0.3) is 0 Å². The maximum absolute atomic E-state index is 9.82. The first-order valence-electron chi connectivity index (χ1n) is 7.18. The zero-order chi connectivity index (χ0) is 14.1. The smallest absolute Gasteiger partial charge is 0.175 e. The Morgan fingerprint density at radius 2 is 1.95 bits per heavy atom. The average molecular weight is 266 g/mol. The number of nitrogens with zero attached hydrogens (tertiary/aromatic N) is 4. The van der Waals surface area contributed by atoms with E-state index in [0.717, 1.165) is 31.0 Å².